The fourth-order valence-electron chi connectivity index (χ4n) is 5.81. The van der Waals surface area contributed by atoms with E-state index in [0.29, 0.717) is 36.0 Å². The zero-order valence-electron chi connectivity index (χ0n) is 23.8. The highest BCUT2D eigenvalue weighted by atomic mass is 35.5. The first-order valence-electron chi connectivity index (χ1n) is 14.4. The average Bonchev–Trinajstić information content (AvgIpc) is 3.76. The van der Waals surface area contributed by atoms with Crippen molar-refractivity contribution in [2.75, 3.05) is 6.54 Å². The summed E-state index contributed by atoms with van der Waals surface area (Å²) in [6.45, 7) is 6.95. The summed E-state index contributed by atoms with van der Waals surface area (Å²) in [6, 6.07) is 4.26. The number of carbonyl (C=O) groups is 1. The lowest BCUT2D eigenvalue weighted by Crippen LogP contribution is -2.43. The van der Waals surface area contributed by atoms with Gasteiger partial charge in [-0.15, -0.1) is 0 Å². The van der Waals surface area contributed by atoms with E-state index in [4.69, 9.17) is 27.7 Å². The lowest BCUT2D eigenvalue weighted by atomic mass is 9.71. The van der Waals surface area contributed by atoms with Crippen LogP contribution in [0.2, 0.25) is 5.02 Å². The molecule has 1 aromatic rings. The molecule has 7 nitrogen and oxygen atoms in total. The monoisotopic (exact) mass is 571 g/mol. The van der Waals surface area contributed by atoms with Gasteiger partial charge in [-0.2, -0.15) is 0 Å². The topological polar surface area (TPSA) is 124 Å². The van der Waals surface area contributed by atoms with E-state index in [-0.39, 0.29) is 40.8 Å². The number of nitrogens with zero attached hydrogens (tertiary/aromatic N) is 1. The molecular weight excluding hydrogens is 529 g/mol. The molecule has 9 heteroatoms. The summed E-state index contributed by atoms with van der Waals surface area (Å²) in [5.41, 5.74) is 8.40. The number of nitrogens with one attached hydrogen (secondary N) is 3. The number of allylic oxidation sites excluding steroid dienone is 2. The fraction of sp³-hybridized carbons (Fsp3) is 0.581. The molecule has 2 atom stereocenters. The highest BCUT2D eigenvalue weighted by molar-refractivity contribution is 6.46. The van der Waals surface area contributed by atoms with E-state index < -0.39 is 12.0 Å². The lowest BCUT2D eigenvalue weighted by Gasteiger charge is -2.36. The number of benzene rings is 1. The second kappa shape index (κ2) is 13.0. The number of aliphatic hydroxyl groups is 1. The third kappa shape index (κ3) is 8.02. The highest BCUT2D eigenvalue weighted by Gasteiger charge is 2.36. The van der Waals surface area contributed by atoms with Crippen LogP contribution in [0.1, 0.15) is 77.7 Å². The second-order valence-electron chi connectivity index (χ2n) is 12.6. The number of nitrogens with two attached hydrogens (primary N) is 1. The zero-order chi connectivity index (χ0) is 29.0. The van der Waals surface area contributed by atoms with E-state index in [1.807, 2.05) is 12.2 Å². The molecule has 1 aromatic carbocycles. The number of aliphatic hydroxyl groups excluding tert-OH is 1. The highest BCUT2D eigenvalue weighted by Crippen LogP contribution is 2.40. The molecule has 218 valence electrons. The molecule has 40 heavy (non-hydrogen) atoms. The van der Waals surface area contributed by atoms with Gasteiger partial charge in [-0.3, -0.25) is 20.5 Å². The number of carbonyl (C=O) groups excluding carboxylic acids is 1. The van der Waals surface area contributed by atoms with E-state index in [0.717, 1.165) is 49.7 Å². The standard InChI is InChI=1S/C31H43ClFN5O2/c1-31(2,3)22-11-13-23(14-12-22)37-28(21-10-15-25(33)24(32)16-21)30(40)38-27(18-4-5-18)19-6-8-20(9-7-19)29(39)36-17-26(34)35/h6,8,10,15-16,18,22-23,27,29,36,39H,4-5,7,9,11-14,17H2,1-3H3,(H3,34,35)(H,38,40). The Hall–Kier alpha value is -2.55. The Labute approximate surface area is 242 Å². The molecule has 0 aromatic heterocycles. The summed E-state index contributed by atoms with van der Waals surface area (Å²) in [7, 11) is 0. The average molecular weight is 572 g/mol. The number of hydrogen-bond acceptors (Lipinski definition) is 5. The van der Waals surface area contributed by atoms with Crippen molar-refractivity contribution in [3.63, 3.8) is 0 Å². The summed E-state index contributed by atoms with van der Waals surface area (Å²) < 4.78 is 14.0. The van der Waals surface area contributed by atoms with Crippen LogP contribution >= 0.6 is 11.6 Å². The number of hydrogen-bond donors (Lipinski definition) is 5. The van der Waals surface area contributed by atoms with Crippen LogP contribution in [0.4, 0.5) is 4.39 Å². The van der Waals surface area contributed by atoms with E-state index in [9.17, 15) is 14.3 Å². The quantitative estimate of drug-likeness (QED) is 0.149. The molecule has 6 N–H and O–H groups in total. The van der Waals surface area contributed by atoms with Gasteiger partial charge < -0.3 is 16.2 Å². The molecule has 2 saturated carbocycles. The lowest BCUT2D eigenvalue weighted by molar-refractivity contribution is -0.115. The number of amidine groups is 1. The van der Waals surface area contributed by atoms with Gasteiger partial charge in [0.25, 0.3) is 5.91 Å². The molecule has 0 spiro atoms. The van der Waals surface area contributed by atoms with Gasteiger partial charge in [0.1, 0.15) is 23.6 Å². The Kier molecular flexibility index (Phi) is 9.85. The molecule has 4 rings (SSSR count). The van der Waals surface area contributed by atoms with Crippen molar-refractivity contribution in [3.05, 3.63) is 57.9 Å². The maximum atomic E-state index is 14.0. The predicted octanol–water partition coefficient (Wildman–Crippen LogP) is 5.26. The first-order chi connectivity index (χ1) is 18.9. The number of rotatable bonds is 10. The largest absolute Gasteiger partial charge is 0.387 e. The van der Waals surface area contributed by atoms with E-state index in [1.54, 1.807) is 6.07 Å². The Balaban J connectivity index is 1.53. The van der Waals surface area contributed by atoms with Gasteiger partial charge in [0.2, 0.25) is 0 Å². The van der Waals surface area contributed by atoms with Crippen LogP contribution in [0, 0.1) is 28.5 Å². The maximum Gasteiger partial charge on any atom is 0.270 e. The maximum absolute atomic E-state index is 14.0. The van der Waals surface area contributed by atoms with Crippen LogP contribution in [-0.4, -0.2) is 47.4 Å². The van der Waals surface area contributed by atoms with E-state index in [1.165, 1.54) is 12.1 Å². The normalized spacial score (nSPS) is 23.6. The van der Waals surface area contributed by atoms with E-state index in [2.05, 4.69) is 31.4 Å². The smallest absolute Gasteiger partial charge is 0.270 e. The van der Waals surface area contributed by atoms with Crippen LogP contribution in [0.3, 0.4) is 0 Å². The zero-order valence-corrected chi connectivity index (χ0v) is 24.5. The summed E-state index contributed by atoms with van der Waals surface area (Å²) in [5.74, 6) is 0.151. The second-order valence-corrected chi connectivity index (χ2v) is 13.0. The Bertz CT molecular complexity index is 1190. The number of halogens is 2. The van der Waals surface area contributed by atoms with Crippen molar-refractivity contribution in [2.45, 2.75) is 90.4 Å². The molecule has 0 bridgehead atoms. The summed E-state index contributed by atoms with van der Waals surface area (Å²) in [5, 5.41) is 23.8. The molecule has 0 radical (unpaired) electrons. The molecule has 0 heterocycles. The van der Waals surface area contributed by atoms with E-state index >= 15 is 0 Å². The molecule has 1 amide bonds. The molecular formula is C31H43ClFN5O2. The van der Waals surface area contributed by atoms with Crippen molar-refractivity contribution in [3.8, 4) is 0 Å². The van der Waals surface area contributed by atoms with Gasteiger partial charge in [-0.05, 0) is 98.0 Å². The minimum Gasteiger partial charge on any atom is -0.387 e. The van der Waals surface area contributed by atoms with Crippen LogP contribution < -0.4 is 16.4 Å². The van der Waals surface area contributed by atoms with Crippen LogP contribution in [0.5, 0.6) is 0 Å². The van der Waals surface area contributed by atoms with Gasteiger partial charge in [-0.25, -0.2) is 4.39 Å². The van der Waals surface area contributed by atoms with Crippen molar-refractivity contribution in [2.24, 2.45) is 28.0 Å². The van der Waals surface area contributed by atoms with Crippen molar-refractivity contribution in [1.29, 1.82) is 5.41 Å². The first-order valence-corrected chi connectivity index (χ1v) is 14.8. The summed E-state index contributed by atoms with van der Waals surface area (Å²) in [4.78, 5) is 18.8. The van der Waals surface area contributed by atoms with Crippen molar-refractivity contribution < 1.29 is 14.3 Å². The Morgan fingerprint density at radius 1 is 1.15 bits per heavy atom. The summed E-state index contributed by atoms with van der Waals surface area (Å²) in [6.07, 6.45) is 10.4. The van der Waals surface area contributed by atoms with Gasteiger partial charge >= 0.3 is 0 Å². The summed E-state index contributed by atoms with van der Waals surface area (Å²) >= 11 is 6.12. The minimum atomic E-state index is -0.869. The molecule has 0 aliphatic heterocycles. The third-order valence-corrected chi connectivity index (χ3v) is 8.76. The van der Waals surface area contributed by atoms with Gasteiger partial charge in [0.05, 0.1) is 23.7 Å². The van der Waals surface area contributed by atoms with Crippen LogP contribution in [0.25, 0.3) is 0 Å². The van der Waals surface area contributed by atoms with Crippen LogP contribution in [0.15, 0.2) is 46.5 Å². The van der Waals surface area contributed by atoms with Gasteiger partial charge in [0, 0.05) is 5.56 Å². The van der Waals surface area contributed by atoms with Crippen LogP contribution in [-0.2, 0) is 4.79 Å². The molecule has 2 unspecified atom stereocenters. The first kappa shape index (κ1) is 30.4. The predicted molar refractivity (Wildman–Crippen MR) is 159 cm³/mol. The van der Waals surface area contributed by atoms with Gasteiger partial charge in [-0.1, -0.05) is 44.5 Å². The minimum absolute atomic E-state index is 0.0298. The van der Waals surface area contributed by atoms with Gasteiger partial charge in [0.15, 0.2) is 0 Å². The molecule has 3 aliphatic rings. The Morgan fingerprint density at radius 2 is 1.80 bits per heavy atom. The number of aliphatic imine (C=N–C) groups is 1. The third-order valence-electron chi connectivity index (χ3n) is 8.47. The molecule has 3 aliphatic carbocycles. The Morgan fingerprint density at radius 3 is 2.35 bits per heavy atom. The molecule has 2 fully saturated rings. The molecule has 0 saturated heterocycles. The SMILES string of the molecule is CC(C)(C)C1CCC(N=C(C(=O)NC(C2=CC=C(C(O)NCC(=N)N)CC2)C2CC2)c2ccc(F)c(Cl)c2)CC1. The number of amides is 1. The van der Waals surface area contributed by atoms with Crippen molar-refractivity contribution >= 4 is 29.1 Å². The van der Waals surface area contributed by atoms with Crippen molar-refractivity contribution in [1.82, 2.24) is 10.6 Å². The fourth-order valence-corrected chi connectivity index (χ4v) is 5.99.